The molecule has 56 heavy (non-hydrogen) atoms. The lowest BCUT2D eigenvalue weighted by Gasteiger charge is -2.38. The average Bonchev–Trinajstić information content (AvgIpc) is 3.18. The summed E-state index contributed by atoms with van der Waals surface area (Å²) in [6, 6.07) is 0. The van der Waals surface area contributed by atoms with E-state index >= 15 is 0 Å². The summed E-state index contributed by atoms with van der Waals surface area (Å²) >= 11 is 0. The maximum Gasteiger partial charge on any atom is 0.335 e. The van der Waals surface area contributed by atoms with Crippen LogP contribution < -0.4 is 0 Å². The number of aliphatic carboxylic acids is 1. The fourth-order valence-electron chi connectivity index (χ4n) is 6.42. The summed E-state index contributed by atoms with van der Waals surface area (Å²) in [5.41, 5.74) is 0. The van der Waals surface area contributed by atoms with Crippen molar-refractivity contribution in [3.8, 4) is 0 Å². The molecule has 0 aromatic heterocycles. The molecular weight excluding hydrogens is 716 g/mol. The third-order valence-corrected chi connectivity index (χ3v) is 9.96. The molecule has 1 aliphatic rings. The molecule has 0 saturated carbocycles. The number of hydrogen-bond acceptors (Lipinski definition) is 10. The Balaban J connectivity index is 2.35. The van der Waals surface area contributed by atoms with Gasteiger partial charge in [0, 0.05) is 12.8 Å². The number of esters is 2. The molecule has 11 nitrogen and oxygen atoms in total. The lowest BCUT2D eigenvalue weighted by atomic mass is 9.99. The topological polar surface area (TPSA) is 169 Å². The van der Waals surface area contributed by atoms with Crippen LogP contribution in [0.3, 0.4) is 0 Å². The van der Waals surface area contributed by atoms with E-state index in [1.165, 1.54) is 70.6 Å². The van der Waals surface area contributed by atoms with E-state index in [1.54, 1.807) is 0 Å². The Morgan fingerprint density at radius 2 is 1.02 bits per heavy atom. The number of hydrogen-bond donors (Lipinski definition) is 4. The van der Waals surface area contributed by atoms with Crippen LogP contribution in [0.2, 0.25) is 0 Å². The number of unbranched alkanes of at least 4 members (excludes halogenated alkanes) is 19. The second-order valence-electron chi connectivity index (χ2n) is 15.2. The summed E-state index contributed by atoms with van der Waals surface area (Å²) in [5, 5.41) is 39.7. The van der Waals surface area contributed by atoms with Crippen LogP contribution in [0.1, 0.15) is 181 Å². The first-order valence-corrected chi connectivity index (χ1v) is 22.0. The zero-order chi connectivity index (χ0) is 41.1. The maximum atomic E-state index is 12.7. The van der Waals surface area contributed by atoms with Crippen molar-refractivity contribution in [1.82, 2.24) is 0 Å². The molecule has 6 unspecified atom stereocenters. The second-order valence-corrected chi connectivity index (χ2v) is 15.2. The SMILES string of the molecule is CCCC/C=C\CCCCCCCC(=O)OC(COC(=O)CCCCCCCCCCC/C=C\C/C=C\CCCCC)COC1OC(C(=O)O)C(O)C(O)C1O. The van der Waals surface area contributed by atoms with Crippen LogP contribution in [-0.4, -0.2) is 88.4 Å². The lowest BCUT2D eigenvalue weighted by Crippen LogP contribution is -2.60. The highest BCUT2D eigenvalue weighted by Crippen LogP contribution is 2.23. The third kappa shape index (κ3) is 27.1. The van der Waals surface area contributed by atoms with E-state index in [4.69, 9.17) is 18.9 Å². The van der Waals surface area contributed by atoms with E-state index in [9.17, 15) is 34.8 Å². The first kappa shape index (κ1) is 51.4. The smallest absolute Gasteiger partial charge is 0.335 e. The fourth-order valence-corrected chi connectivity index (χ4v) is 6.42. The van der Waals surface area contributed by atoms with E-state index in [0.717, 1.165) is 70.6 Å². The van der Waals surface area contributed by atoms with Gasteiger partial charge in [0.2, 0.25) is 0 Å². The lowest BCUT2D eigenvalue weighted by molar-refractivity contribution is -0.298. The molecule has 324 valence electrons. The summed E-state index contributed by atoms with van der Waals surface area (Å²) < 4.78 is 21.7. The van der Waals surface area contributed by atoms with Gasteiger partial charge in [-0.1, -0.05) is 140 Å². The summed E-state index contributed by atoms with van der Waals surface area (Å²) in [7, 11) is 0. The van der Waals surface area contributed by atoms with Gasteiger partial charge in [-0.05, 0) is 64.2 Å². The molecular formula is C45H78O11. The number of aliphatic hydroxyl groups excluding tert-OH is 3. The van der Waals surface area contributed by atoms with E-state index in [0.29, 0.717) is 12.8 Å². The van der Waals surface area contributed by atoms with Gasteiger partial charge in [0.05, 0.1) is 6.61 Å². The zero-order valence-corrected chi connectivity index (χ0v) is 34.9. The molecule has 0 aliphatic carbocycles. The minimum Gasteiger partial charge on any atom is -0.479 e. The van der Waals surface area contributed by atoms with Crippen molar-refractivity contribution in [3.63, 3.8) is 0 Å². The third-order valence-electron chi connectivity index (χ3n) is 9.96. The van der Waals surface area contributed by atoms with Crippen molar-refractivity contribution >= 4 is 17.9 Å². The van der Waals surface area contributed by atoms with Gasteiger partial charge in [0.1, 0.15) is 24.9 Å². The molecule has 1 heterocycles. The summed E-state index contributed by atoms with van der Waals surface area (Å²) in [4.78, 5) is 36.7. The number of ether oxygens (including phenoxy) is 4. The van der Waals surface area contributed by atoms with Crippen LogP contribution in [0.5, 0.6) is 0 Å². The standard InChI is InChI=1S/C45H78O11/c1-3-5-7-9-11-13-15-16-17-18-19-20-21-22-24-25-27-29-31-33-38(46)53-35-37(36-54-45-42(50)40(48)41(49)43(56-45)44(51)52)55-39(47)34-32-30-28-26-23-14-12-10-8-6-4-2/h10-13,16-17,37,40-43,45,48-50H,3-9,14-15,18-36H2,1-2H3,(H,51,52)/b12-10-,13-11-,17-16-. The minimum absolute atomic E-state index is 0.171. The Hall–Kier alpha value is -2.57. The first-order chi connectivity index (χ1) is 27.2. The number of carboxylic acid groups (broad SMARTS) is 1. The van der Waals surface area contributed by atoms with Gasteiger partial charge in [-0.3, -0.25) is 9.59 Å². The molecule has 1 saturated heterocycles. The fraction of sp³-hybridized carbons (Fsp3) is 0.800. The number of aliphatic hydroxyl groups is 3. The van der Waals surface area contributed by atoms with Gasteiger partial charge < -0.3 is 39.4 Å². The molecule has 1 rings (SSSR count). The van der Waals surface area contributed by atoms with Crippen LogP contribution >= 0.6 is 0 Å². The highest BCUT2D eigenvalue weighted by molar-refractivity contribution is 5.73. The Bertz CT molecular complexity index is 1070. The molecule has 0 aromatic carbocycles. The van der Waals surface area contributed by atoms with Crippen LogP contribution in [-0.2, 0) is 33.3 Å². The van der Waals surface area contributed by atoms with E-state index in [2.05, 4.69) is 50.3 Å². The normalized spacial score (nSPS) is 20.6. The monoisotopic (exact) mass is 795 g/mol. The molecule has 0 spiro atoms. The number of carbonyl (C=O) groups is 3. The quantitative estimate of drug-likeness (QED) is 0.0271. The van der Waals surface area contributed by atoms with Crippen molar-refractivity contribution in [1.29, 1.82) is 0 Å². The minimum atomic E-state index is -1.86. The van der Waals surface area contributed by atoms with Gasteiger partial charge in [0.15, 0.2) is 18.5 Å². The zero-order valence-electron chi connectivity index (χ0n) is 34.9. The largest absolute Gasteiger partial charge is 0.479 e. The van der Waals surface area contributed by atoms with Crippen LogP contribution in [0.25, 0.3) is 0 Å². The predicted octanol–water partition coefficient (Wildman–Crippen LogP) is 9.20. The van der Waals surface area contributed by atoms with E-state index in [-0.39, 0.29) is 19.4 Å². The molecule has 0 amide bonds. The Kier molecular flexibility index (Phi) is 32.7. The highest BCUT2D eigenvalue weighted by Gasteiger charge is 2.47. The molecule has 1 aliphatic heterocycles. The second kappa shape index (κ2) is 35.6. The number of rotatable bonds is 36. The summed E-state index contributed by atoms with van der Waals surface area (Å²) in [5.74, 6) is -2.46. The number of carboxylic acids is 1. The Morgan fingerprint density at radius 3 is 1.55 bits per heavy atom. The molecule has 4 N–H and O–H groups in total. The van der Waals surface area contributed by atoms with Gasteiger partial charge in [-0.2, -0.15) is 0 Å². The van der Waals surface area contributed by atoms with Crippen molar-refractivity contribution in [3.05, 3.63) is 36.5 Å². The van der Waals surface area contributed by atoms with Crippen molar-refractivity contribution in [2.24, 2.45) is 0 Å². The van der Waals surface area contributed by atoms with Gasteiger partial charge in [-0.25, -0.2) is 4.79 Å². The van der Waals surface area contributed by atoms with Crippen LogP contribution in [0.4, 0.5) is 0 Å². The Labute approximate surface area is 338 Å². The molecule has 6 atom stereocenters. The molecule has 1 fully saturated rings. The maximum absolute atomic E-state index is 12.7. The molecule has 11 heteroatoms. The summed E-state index contributed by atoms with van der Waals surface area (Å²) in [6.07, 6.45) is 30.6. The summed E-state index contributed by atoms with van der Waals surface area (Å²) in [6.45, 7) is 3.73. The first-order valence-electron chi connectivity index (χ1n) is 22.0. The molecule has 0 aromatic rings. The number of allylic oxidation sites excluding steroid dienone is 6. The predicted molar refractivity (Wildman–Crippen MR) is 220 cm³/mol. The van der Waals surface area contributed by atoms with Crippen LogP contribution in [0, 0.1) is 0 Å². The van der Waals surface area contributed by atoms with E-state index < -0.39 is 61.3 Å². The van der Waals surface area contributed by atoms with Crippen molar-refractivity contribution in [2.75, 3.05) is 13.2 Å². The Morgan fingerprint density at radius 1 is 0.554 bits per heavy atom. The highest BCUT2D eigenvalue weighted by atomic mass is 16.7. The van der Waals surface area contributed by atoms with Gasteiger partial charge in [0.25, 0.3) is 0 Å². The van der Waals surface area contributed by atoms with E-state index in [1.807, 2.05) is 0 Å². The molecule has 0 bridgehead atoms. The van der Waals surface area contributed by atoms with Crippen molar-refractivity contribution < 1.29 is 53.8 Å². The van der Waals surface area contributed by atoms with Crippen molar-refractivity contribution in [2.45, 2.75) is 218 Å². The van der Waals surface area contributed by atoms with Crippen LogP contribution in [0.15, 0.2) is 36.5 Å². The average molecular weight is 795 g/mol. The van der Waals surface area contributed by atoms with Gasteiger partial charge >= 0.3 is 17.9 Å². The van der Waals surface area contributed by atoms with Gasteiger partial charge in [-0.15, -0.1) is 0 Å². The molecule has 0 radical (unpaired) electrons. The number of carbonyl (C=O) groups excluding carboxylic acids is 2.